The molecule has 0 radical (unpaired) electrons. The number of nitrogens with zero attached hydrogens (tertiary/aromatic N) is 1. The van der Waals surface area contributed by atoms with Gasteiger partial charge in [-0.2, -0.15) is 5.26 Å². The van der Waals surface area contributed by atoms with Crippen LogP contribution < -0.4 is 4.74 Å². The Morgan fingerprint density at radius 3 is 2.53 bits per heavy atom. The molecule has 0 amide bonds. The van der Waals surface area contributed by atoms with Crippen molar-refractivity contribution in [1.29, 1.82) is 5.26 Å². The normalized spacial score (nSPS) is 14.2. The summed E-state index contributed by atoms with van der Waals surface area (Å²) in [6.07, 6.45) is 0.982. The molecule has 0 aliphatic heterocycles. The van der Waals surface area contributed by atoms with Gasteiger partial charge in [-0.15, -0.1) is 0 Å². The molecule has 0 saturated carbocycles. The molecule has 2 unspecified atom stereocenters. The maximum atomic E-state index is 12.1. The molecule has 0 fully saturated rings. The number of benzene rings is 1. The van der Waals surface area contributed by atoms with Gasteiger partial charge in [0.25, 0.3) is 0 Å². The van der Waals surface area contributed by atoms with Gasteiger partial charge >= 0.3 is 0 Å². The van der Waals surface area contributed by atoms with Gasteiger partial charge in [0.15, 0.2) is 15.6 Å². The summed E-state index contributed by atoms with van der Waals surface area (Å²) in [5.74, 6) is -1.23. The summed E-state index contributed by atoms with van der Waals surface area (Å²) in [6, 6.07) is 8.34. The lowest BCUT2D eigenvalue weighted by Gasteiger charge is -2.14. The van der Waals surface area contributed by atoms with Gasteiger partial charge in [-0.3, -0.25) is 4.79 Å². The molecular formula is C13H15NO4S. The standard InChI is InChI=1S/C13H15NO4S/c1-9(19(3,16)17)13(15)12(8-14)10-5-4-6-11(7-10)18-2/h4-7,9,12H,1-3H3. The summed E-state index contributed by atoms with van der Waals surface area (Å²) >= 11 is 0. The van der Waals surface area contributed by atoms with E-state index in [4.69, 9.17) is 10.00 Å². The fraction of sp³-hybridized carbons (Fsp3) is 0.385. The van der Waals surface area contributed by atoms with Gasteiger partial charge in [-0.05, 0) is 24.6 Å². The smallest absolute Gasteiger partial charge is 0.172 e. The van der Waals surface area contributed by atoms with E-state index in [2.05, 4.69) is 0 Å². The molecule has 1 aromatic carbocycles. The SMILES string of the molecule is COc1cccc(C(C#N)C(=O)C(C)S(C)(=O)=O)c1. The molecule has 1 aromatic rings. The zero-order valence-corrected chi connectivity index (χ0v) is 11.8. The second-order valence-corrected chi connectivity index (χ2v) is 6.58. The molecule has 0 saturated heterocycles. The predicted octanol–water partition coefficient (Wildman–Crippen LogP) is 1.30. The van der Waals surface area contributed by atoms with Crippen molar-refractivity contribution in [3.8, 4) is 11.8 Å². The van der Waals surface area contributed by atoms with E-state index in [1.54, 1.807) is 24.3 Å². The Morgan fingerprint density at radius 1 is 1.42 bits per heavy atom. The zero-order chi connectivity index (χ0) is 14.6. The molecule has 0 N–H and O–H groups in total. The topological polar surface area (TPSA) is 84.2 Å². The first kappa shape index (κ1) is 15.2. The van der Waals surface area contributed by atoms with Gasteiger partial charge in [-0.25, -0.2) is 8.42 Å². The fourth-order valence-corrected chi connectivity index (χ4v) is 2.13. The van der Waals surface area contributed by atoms with E-state index in [0.717, 1.165) is 6.26 Å². The van der Waals surface area contributed by atoms with E-state index in [9.17, 15) is 13.2 Å². The Kier molecular flexibility index (Phi) is 4.67. The lowest BCUT2D eigenvalue weighted by molar-refractivity contribution is -0.118. The molecule has 0 heterocycles. The number of nitriles is 1. The van der Waals surface area contributed by atoms with E-state index in [0.29, 0.717) is 11.3 Å². The van der Waals surface area contributed by atoms with E-state index in [1.807, 2.05) is 6.07 Å². The molecule has 0 aliphatic carbocycles. The fourth-order valence-electron chi connectivity index (χ4n) is 1.57. The van der Waals surface area contributed by atoms with Crippen LogP contribution in [0.15, 0.2) is 24.3 Å². The minimum absolute atomic E-state index is 0.433. The highest BCUT2D eigenvalue weighted by Gasteiger charge is 2.31. The first-order valence-electron chi connectivity index (χ1n) is 5.57. The second kappa shape index (κ2) is 5.85. The molecule has 102 valence electrons. The van der Waals surface area contributed by atoms with E-state index >= 15 is 0 Å². The number of methoxy groups -OCH3 is 1. The predicted molar refractivity (Wildman–Crippen MR) is 70.7 cm³/mol. The van der Waals surface area contributed by atoms with Crippen molar-refractivity contribution in [3.05, 3.63) is 29.8 Å². The minimum atomic E-state index is -3.51. The number of Topliss-reactive ketones (excluding diaryl/α,β-unsaturated/α-hetero) is 1. The summed E-state index contributed by atoms with van der Waals surface area (Å²) in [5.41, 5.74) is 0.433. The summed E-state index contributed by atoms with van der Waals surface area (Å²) < 4.78 is 27.8. The van der Waals surface area contributed by atoms with Gasteiger partial charge in [0.2, 0.25) is 0 Å². The quantitative estimate of drug-likeness (QED) is 0.812. The molecule has 0 aromatic heterocycles. The second-order valence-electron chi connectivity index (χ2n) is 4.21. The van der Waals surface area contributed by atoms with Crippen LogP contribution in [0.3, 0.4) is 0 Å². The van der Waals surface area contributed by atoms with Crippen molar-refractivity contribution >= 4 is 15.6 Å². The largest absolute Gasteiger partial charge is 0.497 e. The molecule has 6 heteroatoms. The van der Waals surface area contributed by atoms with Crippen LogP contribution in [0.2, 0.25) is 0 Å². The van der Waals surface area contributed by atoms with Crippen molar-refractivity contribution in [1.82, 2.24) is 0 Å². The Morgan fingerprint density at radius 2 is 2.05 bits per heavy atom. The minimum Gasteiger partial charge on any atom is -0.497 e. The monoisotopic (exact) mass is 281 g/mol. The van der Waals surface area contributed by atoms with E-state index < -0.39 is 26.8 Å². The van der Waals surface area contributed by atoms with Crippen molar-refractivity contribution < 1.29 is 17.9 Å². The molecular weight excluding hydrogens is 266 g/mol. The Bertz CT molecular complexity index is 616. The molecule has 2 atom stereocenters. The van der Waals surface area contributed by atoms with Crippen LogP contribution in [0.5, 0.6) is 5.75 Å². The van der Waals surface area contributed by atoms with Gasteiger partial charge in [0.05, 0.1) is 13.2 Å². The third-order valence-electron chi connectivity index (χ3n) is 2.88. The summed E-state index contributed by atoms with van der Waals surface area (Å²) in [7, 11) is -2.04. The number of hydrogen-bond acceptors (Lipinski definition) is 5. The third-order valence-corrected chi connectivity index (χ3v) is 4.40. The van der Waals surface area contributed by atoms with Crippen molar-refractivity contribution in [3.63, 3.8) is 0 Å². The van der Waals surface area contributed by atoms with Gasteiger partial charge in [0.1, 0.15) is 16.9 Å². The number of carbonyl (C=O) groups excluding carboxylic acids is 1. The van der Waals surface area contributed by atoms with Crippen LogP contribution in [0.4, 0.5) is 0 Å². The Labute approximate surface area is 112 Å². The van der Waals surface area contributed by atoms with Crippen molar-refractivity contribution in [2.75, 3.05) is 13.4 Å². The lowest BCUT2D eigenvalue weighted by atomic mass is 9.94. The van der Waals surface area contributed by atoms with Crippen LogP contribution in [-0.4, -0.2) is 32.8 Å². The van der Waals surface area contributed by atoms with E-state index in [-0.39, 0.29) is 0 Å². The van der Waals surface area contributed by atoms with Gasteiger partial charge in [0, 0.05) is 6.26 Å². The van der Waals surface area contributed by atoms with Crippen LogP contribution in [-0.2, 0) is 14.6 Å². The summed E-state index contributed by atoms with van der Waals surface area (Å²) in [4.78, 5) is 12.1. The molecule has 19 heavy (non-hydrogen) atoms. The number of sulfone groups is 1. The Hall–Kier alpha value is -1.87. The van der Waals surface area contributed by atoms with Gasteiger partial charge in [-0.1, -0.05) is 12.1 Å². The molecule has 1 rings (SSSR count). The maximum Gasteiger partial charge on any atom is 0.172 e. The van der Waals surface area contributed by atoms with Crippen molar-refractivity contribution in [2.45, 2.75) is 18.1 Å². The molecule has 0 spiro atoms. The first-order chi connectivity index (χ1) is 8.81. The van der Waals surface area contributed by atoms with Crippen LogP contribution in [0.25, 0.3) is 0 Å². The van der Waals surface area contributed by atoms with Crippen LogP contribution in [0, 0.1) is 11.3 Å². The maximum absolute atomic E-state index is 12.1. The van der Waals surface area contributed by atoms with Gasteiger partial charge < -0.3 is 4.74 Å². The highest BCUT2D eigenvalue weighted by Crippen LogP contribution is 2.23. The first-order valence-corrected chi connectivity index (χ1v) is 7.53. The number of ether oxygens (including phenoxy) is 1. The average molecular weight is 281 g/mol. The summed E-state index contributed by atoms with van der Waals surface area (Å²) in [5, 5.41) is 7.92. The number of rotatable bonds is 5. The molecule has 0 bridgehead atoms. The van der Waals surface area contributed by atoms with Crippen LogP contribution >= 0.6 is 0 Å². The Balaban J connectivity index is 3.14. The highest BCUT2D eigenvalue weighted by atomic mass is 32.2. The van der Waals surface area contributed by atoms with Crippen LogP contribution in [0.1, 0.15) is 18.4 Å². The number of hydrogen-bond donors (Lipinski definition) is 0. The average Bonchev–Trinajstić information content (AvgIpc) is 2.37. The molecule has 5 nitrogen and oxygen atoms in total. The lowest BCUT2D eigenvalue weighted by Crippen LogP contribution is -2.30. The third kappa shape index (κ3) is 3.55. The summed E-state index contributed by atoms with van der Waals surface area (Å²) in [6.45, 7) is 1.29. The molecule has 0 aliphatic rings. The van der Waals surface area contributed by atoms with E-state index in [1.165, 1.54) is 14.0 Å². The zero-order valence-electron chi connectivity index (χ0n) is 11.0. The number of ketones is 1. The number of carbonyl (C=O) groups is 1. The van der Waals surface area contributed by atoms with Crippen molar-refractivity contribution in [2.24, 2.45) is 0 Å². The highest BCUT2D eigenvalue weighted by molar-refractivity contribution is 7.92.